The van der Waals surface area contributed by atoms with Gasteiger partial charge in [0.05, 0.1) is 6.54 Å². The molecule has 0 bridgehead atoms. The van der Waals surface area contributed by atoms with E-state index in [9.17, 15) is 0 Å². The molecule has 2 heterocycles. The molecule has 0 radical (unpaired) electrons. The Bertz CT molecular complexity index is 505. The van der Waals surface area contributed by atoms with E-state index in [4.69, 9.17) is 0 Å². The molecular formula is C17H25N3S. The van der Waals surface area contributed by atoms with Gasteiger partial charge in [0, 0.05) is 24.2 Å². The van der Waals surface area contributed by atoms with Crippen LogP contribution >= 0.6 is 11.3 Å². The van der Waals surface area contributed by atoms with Crippen molar-refractivity contribution in [3.63, 3.8) is 0 Å². The molecule has 0 aliphatic heterocycles. The SMILES string of the molecule is CCN(Cc1cccs1)c1ccc(CNCC(C)C)cn1. The summed E-state index contributed by atoms with van der Waals surface area (Å²) in [6, 6.07) is 8.58. The van der Waals surface area contributed by atoms with Crippen LogP contribution in [0.4, 0.5) is 5.82 Å². The Balaban J connectivity index is 1.93. The molecule has 2 rings (SSSR count). The van der Waals surface area contributed by atoms with Crippen LogP contribution in [0.1, 0.15) is 31.2 Å². The van der Waals surface area contributed by atoms with Gasteiger partial charge in [-0.2, -0.15) is 0 Å². The fraction of sp³-hybridized carbons (Fsp3) is 0.471. The maximum absolute atomic E-state index is 4.62. The van der Waals surface area contributed by atoms with Crippen LogP contribution in [-0.2, 0) is 13.1 Å². The number of anilines is 1. The van der Waals surface area contributed by atoms with Crippen LogP contribution < -0.4 is 10.2 Å². The zero-order chi connectivity index (χ0) is 15.1. The summed E-state index contributed by atoms with van der Waals surface area (Å²) < 4.78 is 0. The molecule has 2 aromatic heterocycles. The van der Waals surface area contributed by atoms with Crippen LogP contribution in [0.25, 0.3) is 0 Å². The third-order valence-electron chi connectivity index (χ3n) is 3.32. The van der Waals surface area contributed by atoms with Crippen LogP contribution in [0.2, 0.25) is 0 Å². The lowest BCUT2D eigenvalue weighted by molar-refractivity contribution is 0.552. The second kappa shape index (κ2) is 8.15. The van der Waals surface area contributed by atoms with Gasteiger partial charge in [-0.15, -0.1) is 11.3 Å². The molecule has 1 N–H and O–H groups in total. The minimum Gasteiger partial charge on any atom is -0.352 e. The number of hydrogen-bond acceptors (Lipinski definition) is 4. The second-order valence-corrected chi connectivity index (χ2v) is 6.68. The van der Waals surface area contributed by atoms with Crippen molar-refractivity contribution in [3.05, 3.63) is 46.3 Å². The van der Waals surface area contributed by atoms with E-state index in [0.29, 0.717) is 5.92 Å². The smallest absolute Gasteiger partial charge is 0.128 e. The molecule has 0 aromatic carbocycles. The second-order valence-electron chi connectivity index (χ2n) is 5.64. The molecule has 0 fully saturated rings. The largest absolute Gasteiger partial charge is 0.352 e. The van der Waals surface area contributed by atoms with Crippen molar-refractivity contribution in [2.75, 3.05) is 18.0 Å². The topological polar surface area (TPSA) is 28.2 Å². The summed E-state index contributed by atoms with van der Waals surface area (Å²) in [5.74, 6) is 1.73. The number of nitrogens with one attached hydrogen (secondary N) is 1. The lowest BCUT2D eigenvalue weighted by Crippen LogP contribution is -2.23. The van der Waals surface area contributed by atoms with Crippen LogP contribution in [0, 0.1) is 5.92 Å². The van der Waals surface area contributed by atoms with E-state index in [2.05, 4.69) is 65.6 Å². The summed E-state index contributed by atoms with van der Waals surface area (Å²) in [6.45, 7) is 10.5. The van der Waals surface area contributed by atoms with Crippen molar-refractivity contribution in [1.29, 1.82) is 0 Å². The molecule has 0 unspecified atom stereocenters. The van der Waals surface area contributed by atoms with Gasteiger partial charge in [0.25, 0.3) is 0 Å². The van der Waals surface area contributed by atoms with Crippen LogP contribution in [-0.4, -0.2) is 18.1 Å². The lowest BCUT2D eigenvalue weighted by atomic mass is 10.2. The molecule has 0 saturated heterocycles. The lowest BCUT2D eigenvalue weighted by Gasteiger charge is -2.21. The first-order chi connectivity index (χ1) is 10.2. The maximum Gasteiger partial charge on any atom is 0.128 e. The quantitative estimate of drug-likeness (QED) is 0.801. The molecule has 0 spiro atoms. The van der Waals surface area contributed by atoms with Gasteiger partial charge >= 0.3 is 0 Å². The normalized spacial score (nSPS) is 11.0. The highest BCUT2D eigenvalue weighted by atomic mass is 32.1. The number of pyridine rings is 1. The first-order valence-corrected chi connectivity index (χ1v) is 8.50. The van der Waals surface area contributed by atoms with Crippen molar-refractivity contribution in [3.8, 4) is 0 Å². The highest BCUT2D eigenvalue weighted by Gasteiger charge is 2.07. The van der Waals surface area contributed by atoms with E-state index in [1.807, 2.05) is 6.20 Å². The Hall–Kier alpha value is -1.39. The van der Waals surface area contributed by atoms with E-state index in [1.165, 1.54) is 10.4 Å². The van der Waals surface area contributed by atoms with Gasteiger partial charge in [-0.1, -0.05) is 26.0 Å². The average Bonchev–Trinajstić information content (AvgIpc) is 2.98. The van der Waals surface area contributed by atoms with E-state index in [1.54, 1.807) is 11.3 Å². The van der Waals surface area contributed by atoms with E-state index in [-0.39, 0.29) is 0 Å². The summed E-state index contributed by atoms with van der Waals surface area (Å²) in [6.07, 6.45) is 1.99. The van der Waals surface area contributed by atoms with Gasteiger partial charge in [-0.05, 0) is 42.5 Å². The third-order valence-corrected chi connectivity index (χ3v) is 4.18. The molecule has 0 amide bonds. The fourth-order valence-electron chi connectivity index (χ4n) is 2.16. The minimum absolute atomic E-state index is 0.679. The molecule has 114 valence electrons. The van der Waals surface area contributed by atoms with Crippen LogP contribution in [0.3, 0.4) is 0 Å². The number of hydrogen-bond donors (Lipinski definition) is 1. The van der Waals surface area contributed by atoms with Gasteiger partial charge in [-0.3, -0.25) is 0 Å². The number of thiophene rings is 1. The highest BCUT2D eigenvalue weighted by Crippen LogP contribution is 2.17. The van der Waals surface area contributed by atoms with Gasteiger partial charge < -0.3 is 10.2 Å². The Labute approximate surface area is 132 Å². The first kappa shape index (κ1) is 16.0. The van der Waals surface area contributed by atoms with Gasteiger partial charge in [0.2, 0.25) is 0 Å². The summed E-state index contributed by atoms with van der Waals surface area (Å²) in [5, 5.41) is 5.57. The first-order valence-electron chi connectivity index (χ1n) is 7.62. The van der Waals surface area contributed by atoms with E-state index in [0.717, 1.165) is 32.0 Å². The monoisotopic (exact) mass is 303 g/mol. The number of aromatic nitrogens is 1. The van der Waals surface area contributed by atoms with Crippen LogP contribution in [0.15, 0.2) is 35.8 Å². The summed E-state index contributed by atoms with van der Waals surface area (Å²) in [7, 11) is 0. The summed E-state index contributed by atoms with van der Waals surface area (Å²) >= 11 is 1.80. The fourth-order valence-corrected chi connectivity index (χ4v) is 2.88. The Morgan fingerprint density at radius 1 is 1.29 bits per heavy atom. The standard InChI is InChI=1S/C17H25N3S/c1-4-20(13-16-6-5-9-21-16)17-8-7-15(12-19-17)11-18-10-14(2)3/h5-9,12,14,18H,4,10-11,13H2,1-3H3. The predicted octanol–water partition coefficient (Wildman–Crippen LogP) is 3.92. The van der Waals surface area contributed by atoms with Crippen molar-refractivity contribution in [2.24, 2.45) is 5.92 Å². The zero-order valence-electron chi connectivity index (χ0n) is 13.2. The Kier molecular flexibility index (Phi) is 6.21. The van der Waals surface area contributed by atoms with Crippen molar-refractivity contribution >= 4 is 17.2 Å². The predicted molar refractivity (Wildman–Crippen MR) is 91.8 cm³/mol. The molecule has 0 aliphatic rings. The van der Waals surface area contributed by atoms with Gasteiger partial charge in [-0.25, -0.2) is 4.98 Å². The Morgan fingerprint density at radius 2 is 2.14 bits per heavy atom. The van der Waals surface area contributed by atoms with Crippen molar-refractivity contribution < 1.29 is 0 Å². The minimum atomic E-state index is 0.679. The van der Waals surface area contributed by atoms with Crippen molar-refractivity contribution in [2.45, 2.75) is 33.9 Å². The van der Waals surface area contributed by atoms with Gasteiger partial charge in [0.1, 0.15) is 5.82 Å². The molecule has 0 aliphatic carbocycles. The molecule has 21 heavy (non-hydrogen) atoms. The highest BCUT2D eigenvalue weighted by molar-refractivity contribution is 7.09. The zero-order valence-corrected chi connectivity index (χ0v) is 14.0. The summed E-state index contributed by atoms with van der Waals surface area (Å²) in [4.78, 5) is 8.30. The van der Waals surface area contributed by atoms with E-state index < -0.39 is 0 Å². The number of nitrogens with zero attached hydrogens (tertiary/aromatic N) is 2. The molecule has 0 atom stereocenters. The number of rotatable bonds is 8. The van der Waals surface area contributed by atoms with Gasteiger partial charge in [0.15, 0.2) is 0 Å². The molecule has 4 heteroatoms. The van der Waals surface area contributed by atoms with Crippen molar-refractivity contribution in [1.82, 2.24) is 10.3 Å². The maximum atomic E-state index is 4.62. The Morgan fingerprint density at radius 3 is 2.71 bits per heavy atom. The average molecular weight is 303 g/mol. The molecule has 2 aromatic rings. The summed E-state index contributed by atoms with van der Waals surface area (Å²) in [5.41, 5.74) is 1.24. The molecule has 0 saturated carbocycles. The molecular weight excluding hydrogens is 278 g/mol. The third kappa shape index (κ3) is 5.14. The van der Waals surface area contributed by atoms with E-state index >= 15 is 0 Å². The molecule has 3 nitrogen and oxygen atoms in total. The van der Waals surface area contributed by atoms with Crippen LogP contribution in [0.5, 0.6) is 0 Å².